The van der Waals surface area contributed by atoms with Crippen molar-refractivity contribution in [2.75, 3.05) is 20.3 Å². The third-order valence-corrected chi connectivity index (χ3v) is 2.46. The normalized spacial score (nSPS) is 12.5. The van der Waals surface area contributed by atoms with Gasteiger partial charge in [-0.3, -0.25) is 0 Å². The van der Waals surface area contributed by atoms with E-state index in [2.05, 4.69) is 15.9 Å². The molecule has 1 aromatic rings. The Morgan fingerprint density at radius 1 is 1.53 bits per heavy atom. The minimum Gasteiger partial charge on any atom is -0.485 e. The highest BCUT2D eigenvalue weighted by molar-refractivity contribution is 9.10. The van der Waals surface area contributed by atoms with Gasteiger partial charge in [0.15, 0.2) is 0 Å². The van der Waals surface area contributed by atoms with E-state index < -0.39 is 0 Å². The minimum absolute atomic E-state index is 0.270. The quantitative estimate of drug-likeness (QED) is 0.895. The number of hydrogen-bond donors (Lipinski definition) is 1. The van der Waals surface area contributed by atoms with Crippen LogP contribution in [0.5, 0.6) is 5.75 Å². The summed E-state index contributed by atoms with van der Waals surface area (Å²) in [7, 11) is 1.56. The van der Waals surface area contributed by atoms with Gasteiger partial charge in [-0.05, 0) is 28.1 Å². The zero-order valence-corrected chi connectivity index (χ0v) is 9.96. The Labute approximate surface area is 96.5 Å². The predicted octanol–water partition coefficient (Wildman–Crippen LogP) is 1.94. The fourth-order valence-electron chi connectivity index (χ4n) is 1.08. The molecule has 0 fully saturated rings. The third kappa shape index (κ3) is 3.77. The van der Waals surface area contributed by atoms with Gasteiger partial charge in [0.1, 0.15) is 17.7 Å². The summed E-state index contributed by atoms with van der Waals surface area (Å²) in [5, 5.41) is 0. The molecule has 2 N–H and O–H groups in total. The van der Waals surface area contributed by atoms with E-state index in [-0.39, 0.29) is 11.9 Å². The molecule has 0 radical (unpaired) electrons. The smallest absolute Gasteiger partial charge is 0.137 e. The monoisotopic (exact) mass is 277 g/mol. The molecule has 0 bridgehead atoms. The summed E-state index contributed by atoms with van der Waals surface area (Å²) in [5.74, 6) is 0.0869. The molecule has 0 aliphatic rings. The fourth-order valence-corrected chi connectivity index (χ4v) is 1.42. The molecule has 1 atom stereocenters. The predicted molar refractivity (Wildman–Crippen MR) is 59.4 cm³/mol. The number of methoxy groups -OCH3 is 1. The molecule has 0 aliphatic carbocycles. The van der Waals surface area contributed by atoms with E-state index in [0.29, 0.717) is 23.4 Å². The maximum Gasteiger partial charge on any atom is 0.137 e. The number of halogens is 2. The van der Waals surface area contributed by atoms with Gasteiger partial charge in [0, 0.05) is 19.7 Å². The van der Waals surface area contributed by atoms with Gasteiger partial charge in [-0.2, -0.15) is 0 Å². The first-order valence-corrected chi connectivity index (χ1v) is 5.27. The highest BCUT2D eigenvalue weighted by Gasteiger charge is 2.10. The summed E-state index contributed by atoms with van der Waals surface area (Å²) >= 11 is 3.27. The van der Waals surface area contributed by atoms with Crippen LogP contribution in [0.15, 0.2) is 22.7 Å². The maximum atomic E-state index is 12.9. The summed E-state index contributed by atoms with van der Waals surface area (Å²) in [4.78, 5) is 0. The number of benzene rings is 1. The SMILES string of the molecule is COCC(CN)Oc1cc(F)ccc1Br. The van der Waals surface area contributed by atoms with E-state index >= 15 is 0 Å². The van der Waals surface area contributed by atoms with Crippen LogP contribution in [0.2, 0.25) is 0 Å². The molecule has 0 aromatic heterocycles. The highest BCUT2D eigenvalue weighted by atomic mass is 79.9. The van der Waals surface area contributed by atoms with Crippen molar-refractivity contribution in [2.45, 2.75) is 6.10 Å². The second-order valence-corrected chi connectivity index (χ2v) is 3.86. The van der Waals surface area contributed by atoms with E-state index in [1.54, 1.807) is 13.2 Å². The molecule has 0 spiro atoms. The minimum atomic E-state index is -0.346. The van der Waals surface area contributed by atoms with Crippen molar-refractivity contribution in [2.24, 2.45) is 5.73 Å². The Hall–Kier alpha value is -0.650. The topological polar surface area (TPSA) is 44.5 Å². The molecule has 0 saturated carbocycles. The van der Waals surface area contributed by atoms with Crippen molar-refractivity contribution in [3.63, 3.8) is 0 Å². The Kier molecular flexibility index (Phi) is 5.01. The van der Waals surface area contributed by atoms with Crippen molar-refractivity contribution >= 4 is 15.9 Å². The van der Waals surface area contributed by atoms with Crippen molar-refractivity contribution < 1.29 is 13.9 Å². The van der Waals surface area contributed by atoms with Crippen LogP contribution in [0.25, 0.3) is 0 Å². The zero-order chi connectivity index (χ0) is 11.3. The van der Waals surface area contributed by atoms with Crippen LogP contribution in [-0.2, 0) is 4.74 Å². The number of hydrogen-bond acceptors (Lipinski definition) is 3. The molecule has 3 nitrogen and oxygen atoms in total. The molecular weight excluding hydrogens is 265 g/mol. The fraction of sp³-hybridized carbons (Fsp3) is 0.400. The van der Waals surface area contributed by atoms with Crippen LogP contribution in [0.4, 0.5) is 4.39 Å². The Morgan fingerprint density at radius 2 is 2.27 bits per heavy atom. The van der Waals surface area contributed by atoms with Crippen LogP contribution >= 0.6 is 15.9 Å². The molecule has 15 heavy (non-hydrogen) atoms. The molecule has 1 unspecified atom stereocenters. The van der Waals surface area contributed by atoms with Crippen LogP contribution in [0.3, 0.4) is 0 Å². The summed E-state index contributed by atoms with van der Waals surface area (Å²) in [5.41, 5.74) is 5.48. The van der Waals surface area contributed by atoms with Gasteiger partial charge >= 0.3 is 0 Å². The van der Waals surface area contributed by atoms with Gasteiger partial charge in [-0.25, -0.2) is 4.39 Å². The van der Waals surface area contributed by atoms with Gasteiger partial charge < -0.3 is 15.2 Å². The van der Waals surface area contributed by atoms with Gasteiger partial charge in [0.25, 0.3) is 0 Å². The first-order valence-electron chi connectivity index (χ1n) is 4.48. The zero-order valence-electron chi connectivity index (χ0n) is 8.37. The highest BCUT2D eigenvalue weighted by Crippen LogP contribution is 2.26. The second-order valence-electron chi connectivity index (χ2n) is 3.01. The molecule has 0 saturated heterocycles. The van der Waals surface area contributed by atoms with E-state index in [9.17, 15) is 4.39 Å². The van der Waals surface area contributed by atoms with Crippen molar-refractivity contribution in [1.82, 2.24) is 0 Å². The lowest BCUT2D eigenvalue weighted by atomic mass is 10.3. The van der Waals surface area contributed by atoms with Gasteiger partial charge in [0.2, 0.25) is 0 Å². The first-order chi connectivity index (χ1) is 7.17. The van der Waals surface area contributed by atoms with Gasteiger partial charge in [-0.1, -0.05) is 0 Å². The van der Waals surface area contributed by atoms with Crippen molar-refractivity contribution in [3.05, 3.63) is 28.5 Å². The maximum absolute atomic E-state index is 12.9. The molecular formula is C10H13BrFNO2. The molecule has 0 aliphatic heterocycles. The van der Waals surface area contributed by atoms with Crippen LogP contribution in [0, 0.1) is 5.82 Å². The lowest BCUT2D eigenvalue weighted by molar-refractivity contribution is 0.0853. The summed E-state index contributed by atoms with van der Waals surface area (Å²) in [6, 6.07) is 4.25. The van der Waals surface area contributed by atoms with Crippen LogP contribution in [0.1, 0.15) is 0 Å². The Balaban J connectivity index is 2.73. The van der Waals surface area contributed by atoms with E-state index in [1.165, 1.54) is 12.1 Å². The Bertz CT molecular complexity index is 322. The van der Waals surface area contributed by atoms with E-state index in [4.69, 9.17) is 15.2 Å². The molecule has 5 heteroatoms. The molecule has 1 rings (SSSR count). The van der Waals surface area contributed by atoms with Gasteiger partial charge in [0.05, 0.1) is 11.1 Å². The number of ether oxygens (including phenoxy) is 2. The first kappa shape index (κ1) is 12.4. The lowest BCUT2D eigenvalue weighted by Crippen LogP contribution is -2.31. The summed E-state index contributed by atoms with van der Waals surface area (Å²) in [6.07, 6.45) is -0.270. The molecule has 84 valence electrons. The number of rotatable bonds is 5. The largest absolute Gasteiger partial charge is 0.485 e. The molecule has 0 heterocycles. The third-order valence-electron chi connectivity index (χ3n) is 1.80. The van der Waals surface area contributed by atoms with Crippen molar-refractivity contribution in [3.8, 4) is 5.75 Å². The van der Waals surface area contributed by atoms with Crippen molar-refractivity contribution in [1.29, 1.82) is 0 Å². The molecule has 0 amide bonds. The average molecular weight is 278 g/mol. The second kappa shape index (κ2) is 6.05. The number of nitrogens with two attached hydrogens (primary N) is 1. The average Bonchev–Trinajstić information content (AvgIpc) is 2.22. The standard InChI is InChI=1S/C10H13BrFNO2/c1-14-6-8(5-13)15-10-4-7(12)2-3-9(10)11/h2-4,8H,5-6,13H2,1H3. The molecule has 1 aromatic carbocycles. The lowest BCUT2D eigenvalue weighted by Gasteiger charge is -2.17. The van der Waals surface area contributed by atoms with E-state index in [1.807, 2.05) is 0 Å². The Morgan fingerprint density at radius 3 is 2.87 bits per heavy atom. The van der Waals surface area contributed by atoms with Gasteiger partial charge in [-0.15, -0.1) is 0 Å². The summed E-state index contributed by atoms with van der Waals surface area (Å²) < 4.78 is 24.0. The summed E-state index contributed by atoms with van der Waals surface area (Å²) in [6.45, 7) is 0.691. The van der Waals surface area contributed by atoms with E-state index in [0.717, 1.165) is 0 Å². The van der Waals surface area contributed by atoms with Crippen LogP contribution < -0.4 is 10.5 Å². The van der Waals surface area contributed by atoms with Crippen LogP contribution in [-0.4, -0.2) is 26.4 Å².